The van der Waals surface area contributed by atoms with E-state index in [9.17, 15) is 9.18 Å². The summed E-state index contributed by atoms with van der Waals surface area (Å²) in [5, 5.41) is 1.88. The Morgan fingerprint density at radius 3 is 2.59 bits per heavy atom. The SMILES string of the molecule is CN(CC(=O)c1cccs1)c1ccc(F)cc1. The highest BCUT2D eigenvalue weighted by atomic mass is 32.1. The third kappa shape index (κ3) is 2.91. The van der Waals surface area contributed by atoms with Crippen LogP contribution in [0.15, 0.2) is 41.8 Å². The highest BCUT2D eigenvalue weighted by Crippen LogP contribution is 2.15. The van der Waals surface area contributed by atoms with E-state index in [-0.39, 0.29) is 11.6 Å². The lowest BCUT2D eigenvalue weighted by atomic mass is 10.2. The molecule has 1 aromatic heterocycles. The molecular weight excluding hydrogens is 237 g/mol. The van der Waals surface area contributed by atoms with Crippen molar-refractivity contribution in [1.29, 1.82) is 0 Å². The molecule has 0 aliphatic carbocycles. The lowest BCUT2D eigenvalue weighted by Gasteiger charge is -2.17. The van der Waals surface area contributed by atoms with E-state index in [1.807, 2.05) is 29.5 Å². The van der Waals surface area contributed by atoms with Gasteiger partial charge in [0.1, 0.15) is 5.82 Å². The summed E-state index contributed by atoms with van der Waals surface area (Å²) in [5.41, 5.74) is 0.830. The van der Waals surface area contributed by atoms with Crippen LogP contribution in [-0.2, 0) is 0 Å². The Bertz CT molecular complexity index is 493. The molecule has 0 aliphatic heterocycles. The predicted molar refractivity (Wildman–Crippen MR) is 68.3 cm³/mol. The van der Waals surface area contributed by atoms with E-state index < -0.39 is 0 Å². The fourth-order valence-corrected chi connectivity index (χ4v) is 2.17. The molecule has 0 saturated heterocycles. The molecule has 0 aliphatic rings. The van der Waals surface area contributed by atoms with Gasteiger partial charge in [-0.2, -0.15) is 0 Å². The fraction of sp³-hybridized carbons (Fsp3) is 0.154. The molecule has 0 amide bonds. The Balaban J connectivity index is 2.04. The summed E-state index contributed by atoms with van der Waals surface area (Å²) >= 11 is 1.43. The normalized spacial score (nSPS) is 10.2. The zero-order valence-electron chi connectivity index (χ0n) is 9.39. The van der Waals surface area contributed by atoms with Crippen LogP contribution >= 0.6 is 11.3 Å². The van der Waals surface area contributed by atoms with Crippen molar-refractivity contribution in [2.75, 3.05) is 18.5 Å². The molecule has 0 spiro atoms. The van der Waals surface area contributed by atoms with Gasteiger partial charge in [0.05, 0.1) is 11.4 Å². The first-order valence-corrected chi connectivity index (χ1v) is 6.08. The minimum Gasteiger partial charge on any atom is -0.367 e. The van der Waals surface area contributed by atoms with Gasteiger partial charge in [0.2, 0.25) is 0 Å². The minimum atomic E-state index is -0.272. The number of anilines is 1. The van der Waals surface area contributed by atoms with Gasteiger partial charge in [-0.3, -0.25) is 4.79 Å². The van der Waals surface area contributed by atoms with Crippen molar-refractivity contribution in [3.05, 3.63) is 52.5 Å². The van der Waals surface area contributed by atoms with Crippen molar-refractivity contribution >= 4 is 22.8 Å². The molecular formula is C13H12FNOS. The van der Waals surface area contributed by atoms with E-state index in [4.69, 9.17) is 0 Å². The highest BCUT2D eigenvalue weighted by Gasteiger charge is 2.10. The summed E-state index contributed by atoms with van der Waals surface area (Å²) in [6.07, 6.45) is 0. The number of likely N-dealkylation sites (N-methyl/N-ethyl adjacent to an activating group) is 1. The molecule has 2 aromatic rings. The highest BCUT2D eigenvalue weighted by molar-refractivity contribution is 7.12. The number of carbonyl (C=O) groups excluding carboxylic acids is 1. The number of ketones is 1. The summed E-state index contributed by atoms with van der Waals surface area (Å²) in [6.45, 7) is 0.298. The third-order valence-corrected chi connectivity index (χ3v) is 3.36. The van der Waals surface area contributed by atoms with E-state index in [1.165, 1.54) is 23.5 Å². The van der Waals surface area contributed by atoms with Crippen LogP contribution in [0.1, 0.15) is 9.67 Å². The Morgan fingerprint density at radius 1 is 1.29 bits per heavy atom. The van der Waals surface area contributed by atoms with Crippen LogP contribution in [0, 0.1) is 5.82 Å². The molecule has 0 N–H and O–H groups in total. The van der Waals surface area contributed by atoms with E-state index in [0.717, 1.165) is 10.6 Å². The number of carbonyl (C=O) groups is 1. The third-order valence-electron chi connectivity index (χ3n) is 2.44. The summed E-state index contributed by atoms with van der Waals surface area (Å²) in [6, 6.07) is 9.78. The number of halogens is 1. The van der Waals surface area contributed by atoms with Gasteiger partial charge in [-0.15, -0.1) is 11.3 Å². The Morgan fingerprint density at radius 2 is 2.00 bits per heavy atom. The van der Waals surface area contributed by atoms with E-state index in [0.29, 0.717) is 6.54 Å². The topological polar surface area (TPSA) is 20.3 Å². The number of rotatable bonds is 4. The maximum atomic E-state index is 12.8. The van der Waals surface area contributed by atoms with Gasteiger partial charge in [0.15, 0.2) is 5.78 Å². The summed E-state index contributed by atoms with van der Waals surface area (Å²) in [5.74, 6) is -0.196. The molecule has 4 heteroatoms. The predicted octanol–water partition coefficient (Wildman–Crippen LogP) is 3.21. The zero-order valence-corrected chi connectivity index (χ0v) is 10.2. The molecule has 2 nitrogen and oxygen atoms in total. The fourth-order valence-electron chi connectivity index (χ4n) is 1.52. The Labute approximate surface area is 103 Å². The summed E-state index contributed by atoms with van der Waals surface area (Å²) < 4.78 is 12.8. The first-order chi connectivity index (χ1) is 8.16. The average molecular weight is 249 g/mol. The molecule has 17 heavy (non-hydrogen) atoms. The van der Waals surface area contributed by atoms with Crippen LogP contribution in [0.25, 0.3) is 0 Å². The van der Waals surface area contributed by atoms with Crippen LogP contribution in [0.4, 0.5) is 10.1 Å². The monoisotopic (exact) mass is 249 g/mol. The van der Waals surface area contributed by atoms with Gasteiger partial charge in [-0.1, -0.05) is 6.07 Å². The average Bonchev–Trinajstić information content (AvgIpc) is 2.83. The molecule has 1 aromatic carbocycles. The Kier molecular flexibility index (Phi) is 3.54. The molecule has 0 radical (unpaired) electrons. The van der Waals surface area contributed by atoms with E-state index >= 15 is 0 Å². The molecule has 2 rings (SSSR count). The second-order valence-electron chi connectivity index (χ2n) is 3.73. The van der Waals surface area contributed by atoms with Gasteiger partial charge in [0, 0.05) is 12.7 Å². The van der Waals surface area contributed by atoms with Crippen LogP contribution in [0.5, 0.6) is 0 Å². The lowest BCUT2D eigenvalue weighted by Crippen LogP contribution is -2.25. The second kappa shape index (κ2) is 5.10. The van der Waals surface area contributed by atoms with E-state index in [2.05, 4.69) is 0 Å². The number of hydrogen-bond acceptors (Lipinski definition) is 3. The van der Waals surface area contributed by atoms with Crippen molar-refractivity contribution in [2.24, 2.45) is 0 Å². The van der Waals surface area contributed by atoms with Gasteiger partial charge in [0.25, 0.3) is 0 Å². The van der Waals surface area contributed by atoms with Gasteiger partial charge >= 0.3 is 0 Å². The maximum Gasteiger partial charge on any atom is 0.191 e. The maximum absolute atomic E-state index is 12.8. The number of Topliss-reactive ketones (excluding diaryl/α,β-unsaturated/α-hetero) is 1. The quantitative estimate of drug-likeness (QED) is 0.775. The number of nitrogens with zero attached hydrogens (tertiary/aromatic N) is 1. The smallest absolute Gasteiger partial charge is 0.191 e. The van der Waals surface area contributed by atoms with Gasteiger partial charge < -0.3 is 4.90 Å². The standard InChI is InChI=1S/C13H12FNOS/c1-15(11-6-4-10(14)5-7-11)9-12(16)13-3-2-8-17-13/h2-8H,9H2,1H3. The largest absolute Gasteiger partial charge is 0.367 e. The van der Waals surface area contributed by atoms with Crippen molar-refractivity contribution in [3.8, 4) is 0 Å². The van der Waals surface area contributed by atoms with Crippen molar-refractivity contribution in [2.45, 2.75) is 0 Å². The second-order valence-corrected chi connectivity index (χ2v) is 4.68. The lowest BCUT2D eigenvalue weighted by molar-refractivity contribution is 0.100. The minimum absolute atomic E-state index is 0.0758. The van der Waals surface area contributed by atoms with Gasteiger partial charge in [-0.25, -0.2) is 4.39 Å². The molecule has 0 fully saturated rings. The van der Waals surface area contributed by atoms with Crippen LogP contribution in [0.2, 0.25) is 0 Å². The molecule has 88 valence electrons. The summed E-state index contributed by atoms with van der Waals surface area (Å²) in [4.78, 5) is 14.4. The molecule has 0 bridgehead atoms. The van der Waals surface area contributed by atoms with Crippen molar-refractivity contribution in [1.82, 2.24) is 0 Å². The molecule has 0 atom stereocenters. The van der Waals surface area contributed by atoms with Crippen molar-refractivity contribution in [3.63, 3.8) is 0 Å². The number of thiophene rings is 1. The van der Waals surface area contributed by atoms with E-state index in [1.54, 1.807) is 12.1 Å². The molecule has 0 saturated carbocycles. The summed E-state index contributed by atoms with van der Waals surface area (Å²) in [7, 11) is 1.82. The van der Waals surface area contributed by atoms with Crippen LogP contribution in [-0.4, -0.2) is 19.4 Å². The van der Waals surface area contributed by atoms with Crippen LogP contribution < -0.4 is 4.90 Å². The molecule has 1 heterocycles. The van der Waals surface area contributed by atoms with Crippen LogP contribution in [0.3, 0.4) is 0 Å². The van der Waals surface area contributed by atoms with Gasteiger partial charge in [-0.05, 0) is 35.7 Å². The first-order valence-electron chi connectivity index (χ1n) is 5.20. The van der Waals surface area contributed by atoms with Crippen molar-refractivity contribution < 1.29 is 9.18 Å². The Hall–Kier alpha value is -1.68. The molecule has 0 unspecified atom stereocenters. The number of hydrogen-bond donors (Lipinski definition) is 0. The first kappa shape index (κ1) is 11.8. The zero-order chi connectivity index (χ0) is 12.3. The number of benzene rings is 1.